The van der Waals surface area contributed by atoms with E-state index in [1.165, 1.54) is 11.8 Å². The van der Waals surface area contributed by atoms with Gasteiger partial charge in [-0.3, -0.25) is 0 Å². The molecule has 66 valence electrons. The van der Waals surface area contributed by atoms with E-state index < -0.39 is 12.2 Å². The zero-order chi connectivity index (χ0) is 8.32. The Morgan fingerprint density at radius 3 is 2.73 bits per heavy atom. The summed E-state index contributed by atoms with van der Waals surface area (Å²) in [6, 6.07) is -1.30. The molecule has 0 aromatic rings. The number of alkyl halides is 3. The van der Waals surface area contributed by atoms with Crippen LogP contribution in [-0.2, 0) is 0 Å². The fourth-order valence-electron chi connectivity index (χ4n) is 0.921. The molecule has 1 saturated heterocycles. The van der Waals surface area contributed by atoms with Gasteiger partial charge in [0, 0.05) is 5.75 Å². The Bertz CT molecular complexity index is 117. The fourth-order valence-corrected chi connectivity index (χ4v) is 1.98. The maximum atomic E-state index is 12.0. The lowest BCUT2D eigenvalue weighted by Gasteiger charge is -2.18. The van der Waals surface area contributed by atoms with E-state index in [-0.39, 0.29) is 5.75 Å². The topological polar surface area (TPSA) is 12.0 Å². The SMILES string of the molecule is FC(F)(F)[C@H]1CSCCCN1. The lowest BCUT2D eigenvalue weighted by molar-refractivity contribution is -0.149. The van der Waals surface area contributed by atoms with Gasteiger partial charge in [0.2, 0.25) is 0 Å². The van der Waals surface area contributed by atoms with E-state index in [1.54, 1.807) is 0 Å². The average Bonchev–Trinajstić information content (AvgIpc) is 2.10. The Hall–Kier alpha value is 0.1000. The first-order valence-electron chi connectivity index (χ1n) is 3.48. The summed E-state index contributed by atoms with van der Waals surface area (Å²) in [6.07, 6.45) is -3.24. The highest BCUT2D eigenvalue weighted by atomic mass is 32.2. The lowest BCUT2D eigenvalue weighted by atomic mass is 10.3. The van der Waals surface area contributed by atoms with Crippen molar-refractivity contribution >= 4 is 11.8 Å². The number of rotatable bonds is 0. The van der Waals surface area contributed by atoms with Crippen molar-refractivity contribution in [2.24, 2.45) is 0 Å². The number of hydrogen-bond donors (Lipinski definition) is 1. The zero-order valence-corrected chi connectivity index (χ0v) is 6.76. The van der Waals surface area contributed by atoms with Crippen molar-refractivity contribution in [3.63, 3.8) is 0 Å². The van der Waals surface area contributed by atoms with E-state index >= 15 is 0 Å². The van der Waals surface area contributed by atoms with Crippen LogP contribution < -0.4 is 5.32 Å². The van der Waals surface area contributed by atoms with E-state index in [0.717, 1.165) is 12.2 Å². The molecule has 5 heteroatoms. The van der Waals surface area contributed by atoms with Gasteiger partial charge in [0.1, 0.15) is 6.04 Å². The highest BCUT2D eigenvalue weighted by Crippen LogP contribution is 2.24. The highest BCUT2D eigenvalue weighted by Gasteiger charge is 2.39. The van der Waals surface area contributed by atoms with Crippen LogP contribution in [0.1, 0.15) is 6.42 Å². The predicted molar refractivity (Wildman–Crippen MR) is 39.8 cm³/mol. The number of halogens is 3. The molecular formula is C6H10F3NS. The lowest BCUT2D eigenvalue weighted by Crippen LogP contribution is -2.43. The van der Waals surface area contributed by atoms with Gasteiger partial charge < -0.3 is 5.32 Å². The zero-order valence-electron chi connectivity index (χ0n) is 5.95. The van der Waals surface area contributed by atoms with Crippen LogP contribution >= 0.6 is 11.8 Å². The van der Waals surface area contributed by atoms with Crippen molar-refractivity contribution in [1.29, 1.82) is 0 Å². The first-order valence-corrected chi connectivity index (χ1v) is 4.64. The molecule has 1 nitrogen and oxygen atoms in total. The second kappa shape index (κ2) is 3.67. The average molecular weight is 185 g/mol. The summed E-state index contributed by atoms with van der Waals surface area (Å²) in [5, 5.41) is 2.48. The Morgan fingerprint density at radius 2 is 2.09 bits per heavy atom. The van der Waals surface area contributed by atoms with Crippen LogP contribution in [0.3, 0.4) is 0 Å². The summed E-state index contributed by atoms with van der Waals surface area (Å²) in [5.41, 5.74) is 0. The third-order valence-corrected chi connectivity index (χ3v) is 2.68. The number of thioether (sulfide) groups is 1. The van der Waals surface area contributed by atoms with Gasteiger partial charge in [-0.2, -0.15) is 24.9 Å². The normalized spacial score (nSPS) is 28.1. The summed E-state index contributed by atoms with van der Waals surface area (Å²) >= 11 is 1.37. The summed E-state index contributed by atoms with van der Waals surface area (Å²) < 4.78 is 36.1. The third-order valence-electron chi connectivity index (χ3n) is 1.54. The van der Waals surface area contributed by atoms with Gasteiger partial charge in [0.05, 0.1) is 0 Å². The van der Waals surface area contributed by atoms with Crippen molar-refractivity contribution < 1.29 is 13.2 Å². The molecule has 1 rings (SSSR count). The van der Waals surface area contributed by atoms with Crippen molar-refractivity contribution in [2.75, 3.05) is 18.1 Å². The molecule has 11 heavy (non-hydrogen) atoms. The molecule has 1 fully saturated rings. The Labute approximate surface area is 67.7 Å². The van der Waals surface area contributed by atoms with Crippen LogP contribution in [0, 0.1) is 0 Å². The van der Waals surface area contributed by atoms with Crippen LogP contribution in [0.4, 0.5) is 13.2 Å². The number of nitrogens with one attached hydrogen (secondary N) is 1. The highest BCUT2D eigenvalue weighted by molar-refractivity contribution is 7.99. The van der Waals surface area contributed by atoms with E-state index in [0.29, 0.717) is 6.54 Å². The van der Waals surface area contributed by atoms with Gasteiger partial charge in [0.25, 0.3) is 0 Å². The molecule has 0 aromatic carbocycles. The Morgan fingerprint density at radius 1 is 1.36 bits per heavy atom. The van der Waals surface area contributed by atoms with E-state index in [1.807, 2.05) is 0 Å². The van der Waals surface area contributed by atoms with Crippen LogP contribution in [0.25, 0.3) is 0 Å². The minimum Gasteiger partial charge on any atom is -0.305 e. The Balaban J connectivity index is 2.43. The molecule has 0 aliphatic carbocycles. The van der Waals surface area contributed by atoms with Gasteiger partial charge in [-0.1, -0.05) is 0 Å². The number of hydrogen-bond acceptors (Lipinski definition) is 2. The fraction of sp³-hybridized carbons (Fsp3) is 1.00. The van der Waals surface area contributed by atoms with Gasteiger partial charge in [-0.05, 0) is 18.7 Å². The quantitative estimate of drug-likeness (QED) is 0.615. The summed E-state index contributed by atoms with van der Waals surface area (Å²) in [7, 11) is 0. The standard InChI is InChI=1S/C6H10F3NS/c7-6(8,9)5-4-11-3-1-2-10-5/h5,10H,1-4H2/t5-/m1/s1. The molecule has 0 aromatic heterocycles. The van der Waals surface area contributed by atoms with Crippen molar-refractivity contribution in [2.45, 2.75) is 18.6 Å². The predicted octanol–water partition coefficient (Wildman–Crippen LogP) is 1.64. The third kappa shape index (κ3) is 2.91. The molecule has 1 N–H and O–H groups in total. The molecule has 0 amide bonds. The van der Waals surface area contributed by atoms with Gasteiger partial charge in [-0.15, -0.1) is 0 Å². The van der Waals surface area contributed by atoms with Gasteiger partial charge in [-0.25, -0.2) is 0 Å². The maximum absolute atomic E-state index is 12.0. The molecule has 0 radical (unpaired) electrons. The monoisotopic (exact) mass is 185 g/mol. The molecule has 0 saturated carbocycles. The molecule has 0 unspecified atom stereocenters. The smallest absolute Gasteiger partial charge is 0.305 e. The van der Waals surface area contributed by atoms with Crippen LogP contribution in [0.2, 0.25) is 0 Å². The molecule has 1 heterocycles. The minimum absolute atomic E-state index is 0.156. The maximum Gasteiger partial charge on any atom is 0.404 e. The van der Waals surface area contributed by atoms with Crippen LogP contribution in [-0.4, -0.2) is 30.3 Å². The molecular weight excluding hydrogens is 175 g/mol. The summed E-state index contributed by atoms with van der Waals surface area (Å²) in [5.74, 6) is 0.989. The molecule has 1 atom stereocenters. The van der Waals surface area contributed by atoms with E-state index in [4.69, 9.17) is 0 Å². The van der Waals surface area contributed by atoms with Crippen LogP contribution in [0.5, 0.6) is 0 Å². The van der Waals surface area contributed by atoms with Gasteiger partial charge in [0.15, 0.2) is 0 Å². The Kier molecular flexibility index (Phi) is 3.06. The van der Waals surface area contributed by atoms with Crippen LogP contribution in [0.15, 0.2) is 0 Å². The second-order valence-corrected chi connectivity index (χ2v) is 3.63. The summed E-state index contributed by atoms with van der Waals surface area (Å²) in [4.78, 5) is 0. The van der Waals surface area contributed by atoms with E-state index in [2.05, 4.69) is 5.32 Å². The largest absolute Gasteiger partial charge is 0.404 e. The molecule has 1 aliphatic rings. The van der Waals surface area contributed by atoms with Crippen molar-refractivity contribution in [3.8, 4) is 0 Å². The first kappa shape index (κ1) is 9.19. The van der Waals surface area contributed by atoms with Crippen molar-refractivity contribution in [3.05, 3.63) is 0 Å². The molecule has 0 bridgehead atoms. The van der Waals surface area contributed by atoms with Crippen molar-refractivity contribution in [1.82, 2.24) is 5.32 Å². The molecule has 0 spiro atoms. The van der Waals surface area contributed by atoms with Gasteiger partial charge >= 0.3 is 6.18 Å². The first-order chi connectivity index (χ1) is 5.11. The van der Waals surface area contributed by atoms with E-state index in [9.17, 15) is 13.2 Å². The summed E-state index contributed by atoms with van der Waals surface area (Å²) in [6.45, 7) is 0.483. The molecule has 1 aliphatic heterocycles. The minimum atomic E-state index is -4.07. The second-order valence-electron chi connectivity index (χ2n) is 2.48.